The van der Waals surface area contributed by atoms with Crippen LogP contribution < -0.4 is 5.73 Å². The average Bonchev–Trinajstić information content (AvgIpc) is 2.75. The van der Waals surface area contributed by atoms with Gasteiger partial charge in [0.1, 0.15) is 0 Å². The summed E-state index contributed by atoms with van der Waals surface area (Å²) in [6.45, 7) is 21.1. The summed E-state index contributed by atoms with van der Waals surface area (Å²) in [5.41, 5.74) is 5.78. The Hall–Kier alpha value is 0.114. The molecule has 0 spiro atoms. The molecule has 0 heterocycles. The molecule has 0 amide bonds. The first kappa shape index (κ1) is 32.1. The number of hydrogen-bond acceptors (Lipinski definition) is 8. The molecule has 0 bridgehead atoms. The molecule has 0 aromatic carbocycles. The van der Waals surface area contributed by atoms with E-state index in [1.165, 1.54) is 0 Å². The van der Waals surface area contributed by atoms with Gasteiger partial charge in [0, 0.05) is 39.6 Å². The van der Waals surface area contributed by atoms with E-state index >= 15 is 0 Å². The van der Waals surface area contributed by atoms with Gasteiger partial charge in [0.15, 0.2) is 0 Å². The molecule has 10 heteroatoms. The zero-order valence-electron chi connectivity index (χ0n) is 22.1. The Kier molecular flexibility index (Phi) is 18.5. The summed E-state index contributed by atoms with van der Waals surface area (Å²) in [6, 6.07) is 0. The lowest BCUT2D eigenvalue weighted by molar-refractivity contribution is 0.00161. The Morgan fingerprint density at radius 3 is 1.09 bits per heavy atom. The van der Waals surface area contributed by atoms with Gasteiger partial charge in [-0.3, -0.25) is 4.90 Å². The summed E-state index contributed by atoms with van der Waals surface area (Å²) >= 11 is 0. The molecule has 2 unspecified atom stereocenters. The first-order valence-corrected chi connectivity index (χ1v) is 16.4. The molecule has 2 N–H and O–H groups in total. The van der Waals surface area contributed by atoms with Gasteiger partial charge in [-0.2, -0.15) is 0 Å². The molecule has 0 fully saturated rings. The van der Waals surface area contributed by atoms with Crippen molar-refractivity contribution in [2.45, 2.75) is 92.4 Å². The standard InChI is InChI=1S/C22H52N2O6Si2/c1-9-21(31(25-11-3,26-12-4)27-13-5)24(20-18-17-19-23)22(10-2)32(28-14-6,29-15-7)30-16-8/h21-22H,9-20,23H2,1-8H3. The number of nitrogens with zero attached hydrogens (tertiary/aromatic N) is 1. The Balaban J connectivity index is 6.58. The predicted molar refractivity (Wildman–Crippen MR) is 134 cm³/mol. The van der Waals surface area contributed by atoms with Crippen LogP contribution in [0.3, 0.4) is 0 Å². The van der Waals surface area contributed by atoms with Gasteiger partial charge >= 0.3 is 17.6 Å². The van der Waals surface area contributed by atoms with E-state index < -0.39 is 17.6 Å². The van der Waals surface area contributed by atoms with Crippen molar-refractivity contribution in [1.82, 2.24) is 4.90 Å². The van der Waals surface area contributed by atoms with E-state index in [0.717, 1.165) is 32.2 Å². The zero-order valence-corrected chi connectivity index (χ0v) is 24.1. The van der Waals surface area contributed by atoms with E-state index in [-0.39, 0.29) is 11.3 Å². The highest BCUT2D eigenvalue weighted by Crippen LogP contribution is 2.31. The smallest absolute Gasteiger partial charge is 0.373 e. The maximum absolute atomic E-state index is 6.36. The third kappa shape index (κ3) is 9.05. The second-order valence-corrected chi connectivity index (χ2v) is 12.9. The fourth-order valence-corrected chi connectivity index (χ4v) is 11.0. The first-order valence-electron chi connectivity index (χ1n) is 12.7. The van der Waals surface area contributed by atoms with Gasteiger partial charge in [-0.15, -0.1) is 0 Å². The van der Waals surface area contributed by atoms with Crippen LogP contribution >= 0.6 is 0 Å². The SMILES string of the molecule is CCO[Si](OCC)(OCC)C(CC)N(CCCCN)C(CC)[Si](OCC)(OCC)OCC. The molecule has 32 heavy (non-hydrogen) atoms. The third-order valence-corrected chi connectivity index (χ3v) is 12.6. The molecule has 0 rings (SSSR count). The molecular formula is C22H52N2O6Si2. The number of nitrogens with two attached hydrogens (primary N) is 1. The average molecular weight is 497 g/mol. The van der Waals surface area contributed by atoms with Crippen LogP contribution in [0.1, 0.15) is 81.1 Å². The van der Waals surface area contributed by atoms with Crippen LogP contribution in [0.2, 0.25) is 0 Å². The van der Waals surface area contributed by atoms with Crippen molar-refractivity contribution in [2.75, 3.05) is 52.7 Å². The first-order chi connectivity index (χ1) is 15.5. The second kappa shape index (κ2) is 18.4. The Morgan fingerprint density at radius 1 is 0.562 bits per heavy atom. The summed E-state index contributed by atoms with van der Waals surface area (Å²) in [5.74, 6) is 0. The lowest BCUT2D eigenvalue weighted by Gasteiger charge is -2.47. The van der Waals surface area contributed by atoms with Crippen molar-refractivity contribution in [3.05, 3.63) is 0 Å². The van der Waals surface area contributed by atoms with E-state index in [2.05, 4.69) is 18.7 Å². The van der Waals surface area contributed by atoms with Crippen LogP contribution in [0.15, 0.2) is 0 Å². The van der Waals surface area contributed by atoms with Crippen LogP contribution in [-0.2, 0) is 26.6 Å². The summed E-state index contributed by atoms with van der Waals surface area (Å²) < 4.78 is 38.2. The third-order valence-electron chi connectivity index (χ3n) is 5.33. The Morgan fingerprint density at radius 2 is 0.875 bits per heavy atom. The van der Waals surface area contributed by atoms with Gasteiger partial charge in [-0.1, -0.05) is 13.8 Å². The second-order valence-electron chi connectivity index (χ2n) is 7.39. The van der Waals surface area contributed by atoms with Crippen molar-refractivity contribution >= 4 is 17.6 Å². The van der Waals surface area contributed by atoms with Gasteiger partial charge in [-0.25, -0.2) is 0 Å². The highest BCUT2D eigenvalue weighted by molar-refractivity contribution is 6.64. The minimum atomic E-state index is -3.02. The molecule has 0 aromatic rings. The molecule has 0 aliphatic rings. The van der Waals surface area contributed by atoms with Gasteiger partial charge in [0.05, 0.1) is 11.3 Å². The molecule has 8 nitrogen and oxygen atoms in total. The fraction of sp³-hybridized carbons (Fsp3) is 1.00. The molecule has 0 saturated carbocycles. The van der Waals surface area contributed by atoms with Crippen LogP contribution in [0.5, 0.6) is 0 Å². The fourth-order valence-electron chi connectivity index (χ4n) is 4.38. The van der Waals surface area contributed by atoms with Crippen molar-refractivity contribution < 1.29 is 26.6 Å². The topological polar surface area (TPSA) is 84.6 Å². The molecular weight excluding hydrogens is 444 g/mol. The lowest BCUT2D eigenvalue weighted by Crippen LogP contribution is -2.71. The van der Waals surface area contributed by atoms with Crippen molar-refractivity contribution in [3.8, 4) is 0 Å². The van der Waals surface area contributed by atoms with E-state index in [1.807, 2.05) is 41.5 Å². The maximum atomic E-state index is 6.36. The quantitative estimate of drug-likeness (QED) is 0.179. The van der Waals surface area contributed by atoms with Crippen molar-refractivity contribution in [1.29, 1.82) is 0 Å². The molecule has 0 aliphatic heterocycles. The number of unbranched alkanes of at least 4 members (excludes halogenated alkanes) is 1. The van der Waals surface area contributed by atoms with E-state index in [0.29, 0.717) is 46.2 Å². The molecule has 0 aliphatic carbocycles. The minimum Gasteiger partial charge on any atom is -0.373 e. The molecule has 194 valence electrons. The molecule has 2 atom stereocenters. The summed E-state index contributed by atoms with van der Waals surface area (Å²) in [4.78, 5) is 2.47. The molecule has 0 radical (unpaired) electrons. The van der Waals surface area contributed by atoms with E-state index in [9.17, 15) is 0 Å². The lowest BCUT2D eigenvalue weighted by atomic mass is 10.2. The highest BCUT2D eigenvalue weighted by Gasteiger charge is 2.58. The Bertz CT molecular complexity index is 383. The summed E-state index contributed by atoms with van der Waals surface area (Å²) in [5, 5.41) is 0. The van der Waals surface area contributed by atoms with Crippen molar-refractivity contribution in [2.24, 2.45) is 5.73 Å². The minimum absolute atomic E-state index is 0.0293. The van der Waals surface area contributed by atoms with E-state index in [4.69, 9.17) is 32.3 Å². The molecule has 0 aromatic heterocycles. The zero-order chi connectivity index (χ0) is 24.5. The monoisotopic (exact) mass is 496 g/mol. The largest absolute Gasteiger partial charge is 0.519 e. The maximum Gasteiger partial charge on any atom is 0.519 e. The molecule has 0 saturated heterocycles. The summed E-state index contributed by atoms with van der Waals surface area (Å²) in [6.07, 6.45) is 3.58. The van der Waals surface area contributed by atoms with Gasteiger partial charge in [-0.05, 0) is 80.3 Å². The van der Waals surface area contributed by atoms with Gasteiger partial charge in [0.25, 0.3) is 0 Å². The number of hydrogen-bond donors (Lipinski definition) is 1. The van der Waals surface area contributed by atoms with Crippen LogP contribution in [0.4, 0.5) is 0 Å². The normalized spacial score (nSPS) is 14.8. The summed E-state index contributed by atoms with van der Waals surface area (Å²) in [7, 11) is -6.05. The van der Waals surface area contributed by atoms with Gasteiger partial charge in [0.2, 0.25) is 0 Å². The van der Waals surface area contributed by atoms with Crippen molar-refractivity contribution in [3.63, 3.8) is 0 Å². The highest BCUT2D eigenvalue weighted by atomic mass is 28.4. The van der Waals surface area contributed by atoms with Crippen LogP contribution in [-0.4, -0.2) is 86.6 Å². The van der Waals surface area contributed by atoms with Gasteiger partial charge < -0.3 is 32.3 Å². The predicted octanol–water partition coefficient (Wildman–Crippen LogP) is 3.76. The Labute approximate surface area is 200 Å². The number of rotatable bonds is 22. The van der Waals surface area contributed by atoms with E-state index in [1.54, 1.807) is 0 Å². The van der Waals surface area contributed by atoms with Crippen LogP contribution in [0, 0.1) is 0 Å². The van der Waals surface area contributed by atoms with Crippen LogP contribution in [0.25, 0.3) is 0 Å².